The first-order valence-corrected chi connectivity index (χ1v) is 20.7. The molecule has 0 saturated heterocycles. The van der Waals surface area contributed by atoms with E-state index in [2.05, 4.69) is 37.1 Å². The number of hydrogen-bond acceptors (Lipinski definition) is 9. The molecule has 10 heteroatoms. The molecule has 56 heavy (non-hydrogen) atoms. The molecule has 1 amide bonds. The van der Waals surface area contributed by atoms with Crippen molar-refractivity contribution in [3.05, 3.63) is 93.6 Å². The number of aliphatic hydroxyl groups is 5. The normalized spacial score (nSPS) is 33.8. The van der Waals surface area contributed by atoms with Gasteiger partial charge in [-0.2, -0.15) is 0 Å². The third kappa shape index (κ3) is 9.07. The van der Waals surface area contributed by atoms with Crippen molar-refractivity contribution in [1.29, 1.82) is 0 Å². The molecule has 5 rings (SSSR count). The molecule has 1 aliphatic heterocycles. The van der Waals surface area contributed by atoms with Crippen LogP contribution in [0.4, 0.5) is 0 Å². The molecule has 9 N–H and O–H groups in total. The van der Waals surface area contributed by atoms with Crippen LogP contribution >= 0.6 is 0 Å². The Morgan fingerprint density at radius 1 is 1.20 bits per heavy atom. The maximum Gasteiger partial charge on any atom is 0.243 e. The van der Waals surface area contributed by atoms with E-state index in [1.165, 1.54) is 5.57 Å². The summed E-state index contributed by atoms with van der Waals surface area (Å²) in [5.74, 6) is -1.21. The van der Waals surface area contributed by atoms with Crippen molar-refractivity contribution in [2.24, 2.45) is 28.9 Å². The second-order valence-electron chi connectivity index (χ2n) is 17.5. The molecule has 1 aromatic rings. The first-order chi connectivity index (χ1) is 26.5. The van der Waals surface area contributed by atoms with Crippen LogP contribution in [0.3, 0.4) is 0 Å². The number of hydrogen-bond donors (Lipinski definition) is 8. The van der Waals surface area contributed by atoms with Crippen LogP contribution in [0.5, 0.6) is 0 Å². The van der Waals surface area contributed by atoms with E-state index in [1.807, 2.05) is 50.3 Å². The number of carbonyl (C=O) groups excluding carboxylic acids is 2. The Hall–Kier alpha value is -3.22. The largest absolute Gasteiger partial charge is 0.396 e. The Morgan fingerprint density at radius 2 is 1.95 bits per heavy atom. The average molecular weight is 774 g/mol. The van der Waals surface area contributed by atoms with Crippen LogP contribution in [0.15, 0.2) is 76.9 Å². The molecule has 0 bridgehead atoms. The lowest BCUT2D eigenvalue weighted by Gasteiger charge is -2.56. The summed E-state index contributed by atoms with van der Waals surface area (Å²) in [6.45, 7) is 13.8. The van der Waals surface area contributed by atoms with Gasteiger partial charge in [-0.25, -0.2) is 0 Å². The molecule has 3 saturated carbocycles. The molecule has 0 radical (unpaired) electrons. The highest BCUT2D eigenvalue weighted by Gasteiger charge is 2.67. The lowest BCUT2D eigenvalue weighted by Crippen LogP contribution is -2.59. The quantitative estimate of drug-likeness (QED) is 0.0691. The fraction of sp³-hybridized carbons (Fsp3) is 0.609. The van der Waals surface area contributed by atoms with Gasteiger partial charge in [-0.1, -0.05) is 72.2 Å². The maximum absolute atomic E-state index is 14.5. The van der Waals surface area contributed by atoms with Crippen molar-refractivity contribution in [2.75, 3.05) is 13.2 Å². The molecular weight excluding hydrogens is 707 g/mol. The van der Waals surface area contributed by atoms with Gasteiger partial charge in [-0.15, -0.1) is 0 Å². The van der Waals surface area contributed by atoms with Crippen molar-refractivity contribution in [3.63, 3.8) is 0 Å². The zero-order valence-corrected chi connectivity index (χ0v) is 34.2. The third-order valence-electron chi connectivity index (χ3n) is 13.3. The Morgan fingerprint density at radius 3 is 2.64 bits per heavy atom. The van der Waals surface area contributed by atoms with E-state index >= 15 is 0 Å². The van der Waals surface area contributed by atoms with Crippen LogP contribution in [-0.4, -0.2) is 74.3 Å². The fourth-order valence-electron chi connectivity index (χ4n) is 10.5. The summed E-state index contributed by atoms with van der Waals surface area (Å²) < 4.78 is 0. The standard InChI is InChI=1S/C46H67N3O7/c1-27(2)12-7-13-28(3)14-8-17-34-37(52)20-10-16-32-25-46(42(54)40(32)34)36(19-11-23-50)33(21-22-45(46,6)56)30(5)38(53)24-31-15-9-18-35-39(31)41(48-26-29(4)51)44(55)49-43(35)47/h8-9,12,14-15,17-18,29,32,36-37,40-43,48,50-52,54,56H,3,7,10-11,13,16,19-26,47H2,1-2,4-6H3,(H,49,55)/t29-,32+,36?,37+,40+,41+,42+,43-,45+,46+/m0/s1. The molecule has 0 aromatic heterocycles. The minimum absolute atomic E-state index is 0.0124. The van der Waals surface area contributed by atoms with Crippen LogP contribution in [0.25, 0.3) is 0 Å². The first-order valence-electron chi connectivity index (χ1n) is 20.7. The van der Waals surface area contributed by atoms with E-state index < -0.39 is 47.5 Å². The SMILES string of the molecule is C=C(C=CC=C1[C@H]2[C@H](CCC[C@H]1O)C[C@@]1(C(CCCO)C(=C(C)C(=O)Cc3cccc4c3[C@@H](NC[C@H](C)O)C(=O)N[C@@H]4N)CC[C@@]1(C)O)[C@@H]2O)CCC=C(C)C. The molecule has 3 fully saturated rings. The van der Waals surface area contributed by atoms with Crippen molar-refractivity contribution in [3.8, 4) is 0 Å². The molecule has 308 valence electrons. The van der Waals surface area contributed by atoms with Gasteiger partial charge in [0.2, 0.25) is 5.91 Å². The number of benzene rings is 1. The van der Waals surface area contributed by atoms with Crippen molar-refractivity contribution in [2.45, 2.75) is 141 Å². The number of aliphatic hydroxyl groups excluding tert-OH is 4. The highest BCUT2D eigenvalue weighted by atomic mass is 16.3. The summed E-state index contributed by atoms with van der Waals surface area (Å²) in [5.41, 5.74) is 10.6. The molecule has 10 atom stereocenters. The molecule has 1 aromatic carbocycles. The second-order valence-corrected chi connectivity index (χ2v) is 17.5. The molecule has 1 heterocycles. The van der Waals surface area contributed by atoms with Crippen LogP contribution in [0, 0.1) is 23.2 Å². The lowest BCUT2D eigenvalue weighted by molar-refractivity contribution is -0.168. The minimum atomic E-state index is -1.28. The Labute approximate surface area is 333 Å². The van der Waals surface area contributed by atoms with Gasteiger partial charge in [0.25, 0.3) is 0 Å². The van der Waals surface area contributed by atoms with Crippen LogP contribution < -0.4 is 16.4 Å². The summed E-state index contributed by atoms with van der Waals surface area (Å²) in [4.78, 5) is 27.6. The van der Waals surface area contributed by atoms with E-state index in [0.29, 0.717) is 60.8 Å². The number of ketones is 1. The first kappa shape index (κ1) is 43.9. The Bertz CT molecular complexity index is 1740. The van der Waals surface area contributed by atoms with Crippen molar-refractivity contribution >= 4 is 11.7 Å². The van der Waals surface area contributed by atoms with E-state index in [0.717, 1.165) is 42.4 Å². The Balaban J connectivity index is 1.52. The highest BCUT2D eigenvalue weighted by molar-refractivity contribution is 5.98. The number of carbonyl (C=O) groups is 2. The van der Waals surface area contributed by atoms with E-state index in [9.17, 15) is 35.1 Å². The highest BCUT2D eigenvalue weighted by Crippen LogP contribution is 2.66. The van der Waals surface area contributed by atoms with E-state index in [1.54, 1.807) is 6.92 Å². The predicted molar refractivity (Wildman–Crippen MR) is 220 cm³/mol. The minimum Gasteiger partial charge on any atom is -0.396 e. The van der Waals surface area contributed by atoms with E-state index in [-0.39, 0.29) is 43.1 Å². The van der Waals surface area contributed by atoms with Crippen LogP contribution in [0.2, 0.25) is 0 Å². The summed E-state index contributed by atoms with van der Waals surface area (Å²) in [6, 6.07) is 4.72. The summed E-state index contributed by atoms with van der Waals surface area (Å²) >= 11 is 0. The van der Waals surface area contributed by atoms with Crippen molar-refractivity contribution in [1.82, 2.24) is 10.6 Å². The fourth-order valence-corrected chi connectivity index (χ4v) is 10.5. The van der Waals surface area contributed by atoms with Crippen molar-refractivity contribution < 1.29 is 35.1 Å². The molecule has 10 nitrogen and oxygen atoms in total. The Kier molecular flexibility index (Phi) is 14.6. The number of allylic oxidation sites excluding steroid dienone is 8. The van der Waals surface area contributed by atoms with Gasteiger partial charge in [0.1, 0.15) is 12.2 Å². The summed E-state index contributed by atoms with van der Waals surface area (Å²) in [5, 5.41) is 62.8. The summed E-state index contributed by atoms with van der Waals surface area (Å²) in [7, 11) is 0. The number of rotatable bonds is 14. The van der Waals surface area contributed by atoms with Gasteiger partial charge in [0.05, 0.1) is 23.9 Å². The lowest BCUT2D eigenvalue weighted by atomic mass is 9.52. The number of Topliss-reactive ketones (excluding diaryl/α,β-unsaturated/α-hetero) is 1. The second kappa shape index (κ2) is 18.6. The van der Waals surface area contributed by atoms with E-state index in [4.69, 9.17) is 5.73 Å². The van der Waals surface area contributed by atoms with Crippen LogP contribution in [0.1, 0.15) is 128 Å². The van der Waals surface area contributed by atoms with Gasteiger partial charge >= 0.3 is 0 Å². The zero-order chi connectivity index (χ0) is 40.9. The topological polar surface area (TPSA) is 185 Å². The third-order valence-corrected chi connectivity index (χ3v) is 13.3. The maximum atomic E-state index is 14.5. The molecule has 4 aliphatic rings. The number of fused-ring (bicyclic) bond motifs is 2. The molecule has 1 spiro atoms. The summed E-state index contributed by atoms with van der Waals surface area (Å²) in [6.07, 6.45) is 11.1. The van der Waals surface area contributed by atoms with Gasteiger partial charge in [-0.3, -0.25) is 14.9 Å². The van der Waals surface area contributed by atoms with Gasteiger partial charge in [-0.05, 0) is 132 Å². The zero-order valence-electron chi connectivity index (χ0n) is 34.2. The number of amides is 1. The average Bonchev–Trinajstić information content (AvgIpc) is 3.32. The van der Waals surface area contributed by atoms with Gasteiger partial charge < -0.3 is 36.6 Å². The molecule has 3 aliphatic carbocycles. The number of nitrogens with one attached hydrogen (secondary N) is 2. The number of nitrogens with two attached hydrogens (primary N) is 1. The van der Waals surface area contributed by atoms with Crippen LogP contribution in [-0.2, 0) is 16.0 Å². The smallest absolute Gasteiger partial charge is 0.243 e. The van der Waals surface area contributed by atoms with Gasteiger partial charge in [0.15, 0.2) is 5.78 Å². The predicted octanol–water partition coefficient (Wildman–Crippen LogP) is 5.46. The molecule has 1 unspecified atom stereocenters. The molecular formula is C46H67N3O7. The monoisotopic (exact) mass is 773 g/mol. The van der Waals surface area contributed by atoms with Gasteiger partial charge in [0, 0.05) is 30.9 Å².